The number of aryl methyl sites for hydroxylation is 1. The van der Waals surface area contributed by atoms with Crippen LogP contribution in [0.4, 0.5) is 0 Å². The van der Waals surface area contributed by atoms with Crippen molar-refractivity contribution in [2.45, 2.75) is 31.4 Å². The van der Waals surface area contributed by atoms with Crippen molar-refractivity contribution in [3.05, 3.63) is 59.5 Å². The van der Waals surface area contributed by atoms with Gasteiger partial charge in [0.2, 0.25) is 5.91 Å². The van der Waals surface area contributed by atoms with Crippen LogP contribution < -0.4 is 5.32 Å². The predicted octanol–water partition coefficient (Wildman–Crippen LogP) is 1.66. The Morgan fingerprint density at radius 3 is 3.04 bits per heavy atom. The number of pyridine rings is 1. The van der Waals surface area contributed by atoms with Crippen LogP contribution in [0.1, 0.15) is 29.4 Å². The molecule has 1 amide bonds. The number of aromatic amines is 1. The Bertz CT molecular complexity index is 856. The van der Waals surface area contributed by atoms with Crippen molar-refractivity contribution >= 4 is 17.1 Å². The van der Waals surface area contributed by atoms with Crippen molar-refractivity contribution in [3.8, 4) is 0 Å². The van der Waals surface area contributed by atoms with Crippen LogP contribution in [0.3, 0.4) is 0 Å². The first-order chi connectivity index (χ1) is 11.7. The highest BCUT2D eigenvalue weighted by molar-refractivity contribution is 5.77. The van der Waals surface area contributed by atoms with Gasteiger partial charge in [-0.3, -0.25) is 4.79 Å². The Balaban J connectivity index is 1.40. The molecule has 6 heteroatoms. The minimum atomic E-state index is -0.568. The molecule has 3 N–H and O–H groups in total. The van der Waals surface area contributed by atoms with Crippen LogP contribution in [-0.2, 0) is 17.6 Å². The molecule has 3 aromatic rings. The van der Waals surface area contributed by atoms with Gasteiger partial charge in [0.25, 0.3) is 0 Å². The highest BCUT2D eigenvalue weighted by atomic mass is 16.3. The van der Waals surface area contributed by atoms with E-state index < -0.39 is 6.10 Å². The van der Waals surface area contributed by atoms with E-state index in [1.807, 2.05) is 36.4 Å². The minimum absolute atomic E-state index is 0.0934. The normalized spacial score (nSPS) is 19.4. The molecule has 0 spiro atoms. The third-order valence-corrected chi connectivity index (χ3v) is 4.42. The number of aliphatic hydroxyl groups excluding tert-OH is 1. The maximum Gasteiger partial charge on any atom is 0.221 e. The summed E-state index contributed by atoms with van der Waals surface area (Å²) in [5.41, 5.74) is 3.63. The van der Waals surface area contributed by atoms with Crippen LogP contribution in [0.5, 0.6) is 0 Å². The molecule has 0 radical (unpaired) electrons. The average Bonchev–Trinajstić information content (AvgIpc) is 3.14. The highest BCUT2D eigenvalue weighted by Crippen LogP contribution is 2.31. The number of hydrogen-bond acceptors (Lipinski definition) is 4. The molecule has 1 aliphatic carbocycles. The third kappa shape index (κ3) is 2.76. The topological polar surface area (TPSA) is 90.9 Å². The van der Waals surface area contributed by atoms with E-state index in [-0.39, 0.29) is 11.9 Å². The van der Waals surface area contributed by atoms with E-state index in [4.69, 9.17) is 0 Å². The summed E-state index contributed by atoms with van der Waals surface area (Å²) in [6, 6.07) is 11.3. The number of aromatic nitrogens is 3. The van der Waals surface area contributed by atoms with Crippen LogP contribution in [-0.4, -0.2) is 32.1 Å². The second-order valence-electron chi connectivity index (χ2n) is 6.07. The van der Waals surface area contributed by atoms with Crippen LogP contribution in [0.2, 0.25) is 0 Å². The zero-order valence-corrected chi connectivity index (χ0v) is 13.1. The zero-order valence-electron chi connectivity index (χ0n) is 13.1. The number of imidazole rings is 1. The fraction of sp³-hybridized carbons (Fsp3) is 0.278. The van der Waals surface area contributed by atoms with Crippen LogP contribution in [0.15, 0.2) is 42.6 Å². The lowest BCUT2D eigenvalue weighted by molar-refractivity contribution is -0.122. The van der Waals surface area contributed by atoms with Gasteiger partial charge in [0, 0.05) is 25.5 Å². The number of benzene rings is 1. The van der Waals surface area contributed by atoms with Gasteiger partial charge in [-0.15, -0.1) is 0 Å². The first-order valence-corrected chi connectivity index (χ1v) is 8.05. The predicted molar refractivity (Wildman–Crippen MR) is 89.2 cm³/mol. The summed E-state index contributed by atoms with van der Waals surface area (Å²) in [6.45, 7) is 0. The Morgan fingerprint density at radius 2 is 2.17 bits per heavy atom. The second-order valence-corrected chi connectivity index (χ2v) is 6.07. The maximum atomic E-state index is 12.3. The lowest BCUT2D eigenvalue weighted by Gasteiger charge is -2.17. The number of nitrogens with one attached hydrogen (secondary N) is 2. The summed E-state index contributed by atoms with van der Waals surface area (Å²) in [6.07, 6.45) is 2.52. The molecule has 2 unspecified atom stereocenters. The van der Waals surface area contributed by atoms with E-state index in [1.54, 1.807) is 6.20 Å². The first-order valence-electron chi connectivity index (χ1n) is 8.05. The van der Waals surface area contributed by atoms with Gasteiger partial charge in [-0.05, 0) is 23.3 Å². The fourth-order valence-electron chi connectivity index (χ4n) is 3.24. The Hall–Kier alpha value is -2.73. The molecule has 0 saturated heterocycles. The fourth-order valence-corrected chi connectivity index (χ4v) is 3.24. The summed E-state index contributed by atoms with van der Waals surface area (Å²) in [5.74, 6) is 0.649. The van der Waals surface area contributed by atoms with E-state index in [1.165, 1.54) is 0 Å². The van der Waals surface area contributed by atoms with Gasteiger partial charge in [-0.1, -0.05) is 24.3 Å². The Labute approximate surface area is 139 Å². The van der Waals surface area contributed by atoms with Crippen molar-refractivity contribution in [3.63, 3.8) is 0 Å². The number of H-pyrrole nitrogens is 1. The third-order valence-electron chi connectivity index (χ3n) is 4.42. The number of carbonyl (C=O) groups is 1. The summed E-state index contributed by atoms with van der Waals surface area (Å²) < 4.78 is 0. The monoisotopic (exact) mass is 322 g/mol. The van der Waals surface area contributed by atoms with Gasteiger partial charge in [0.05, 0.1) is 17.7 Å². The van der Waals surface area contributed by atoms with E-state index in [2.05, 4.69) is 20.3 Å². The smallest absolute Gasteiger partial charge is 0.221 e. The van der Waals surface area contributed by atoms with Crippen molar-refractivity contribution in [2.75, 3.05) is 0 Å². The number of carbonyl (C=O) groups excluding carboxylic acids is 1. The molecule has 24 heavy (non-hydrogen) atoms. The van der Waals surface area contributed by atoms with Crippen molar-refractivity contribution in [1.29, 1.82) is 0 Å². The standard InChI is InChI=1S/C18H18N4O2/c23-14-10-11-4-1-2-5-12(11)17(14)22-16(24)8-7-15-20-13-6-3-9-19-18(13)21-15/h1-6,9,14,17,23H,7-8,10H2,(H,22,24)(H,19,20,21). The van der Waals surface area contributed by atoms with Crippen molar-refractivity contribution < 1.29 is 9.90 Å². The van der Waals surface area contributed by atoms with E-state index in [9.17, 15) is 9.90 Å². The molecule has 2 heterocycles. The molecule has 0 aliphatic heterocycles. The number of fused-ring (bicyclic) bond motifs is 2. The number of aliphatic hydroxyl groups is 1. The van der Waals surface area contributed by atoms with E-state index in [0.717, 1.165) is 22.5 Å². The quantitative estimate of drug-likeness (QED) is 0.681. The van der Waals surface area contributed by atoms with Gasteiger partial charge in [0.1, 0.15) is 5.82 Å². The molecule has 4 rings (SSSR count). The summed E-state index contributed by atoms with van der Waals surface area (Å²) >= 11 is 0. The number of amides is 1. The average molecular weight is 322 g/mol. The van der Waals surface area contributed by atoms with Gasteiger partial charge >= 0.3 is 0 Å². The minimum Gasteiger partial charge on any atom is -0.390 e. The van der Waals surface area contributed by atoms with Crippen molar-refractivity contribution in [1.82, 2.24) is 20.3 Å². The Kier molecular flexibility index (Phi) is 3.74. The number of hydrogen-bond donors (Lipinski definition) is 3. The lowest BCUT2D eigenvalue weighted by atomic mass is 10.1. The molecule has 0 bridgehead atoms. The van der Waals surface area contributed by atoms with E-state index >= 15 is 0 Å². The molecular weight excluding hydrogens is 304 g/mol. The molecule has 1 aromatic carbocycles. The van der Waals surface area contributed by atoms with Gasteiger partial charge in [-0.25, -0.2) is 9.97 Å². The van der Waals surface area contributed by atoms with E-state index in [0.29, 0.717) is 24.9 Å². The lowest BCUT2D eigenvalue weighted by Crippen LogP contribution is -2.34. The largest absolute Gasteiger partial charge is 0.390 e. The molecular formula is C18H18N4O2. The van der Waals surface area contributed by atoms with Crippen molar-refractivity contribution in [2.24, 2.45) is 0 Å². The molecule has 2 aromatic heterocycles. The van der Waals surface area contributed by atoms with Gasteiger partial charge in [0.15, 0.2) is 5.65 Å². The molecule has 2 atom stereocenters. The SMILES string of the molecule is O=C(CCc1nc2ncccc2[nH]1)NC1c2ccccc2CC1O. The summed E-state index contributed by atoms with van der Waals surface area (Å²) in [5, 5.41) is 13.1. The summed E-state index contributed by atoms with van der Waals surface area (Å²) in [4.78, 5) is 24.0. The first kappa shape index (κ1) is 14.8. The molecule has 122 valence electrons. The zero-order chi connectivity index (χ0) is 16.5. The van der Waals surface area contributed by atoms with Crippen LogP contribution in [0, 0.1) is 0 Å². The number of rotatable bonds is 4. The summed E-state index contributed by atoms with van der Waals surface area (Å²) in [7, 11) is 0. The maximum absolute atomic E-state index is 12.3. The second kappa shape index (κ2) is 6.05. The molecule has 1 aliphatic rings. The molecule has 0 fully saturated rings. The molecule has 6 nitrogen and oxygen atoms in total. The van der Waals surface area contributed by atoms with Crippen LogP contribution in [0.25, 0.3) is 11.2 Å². The highest BCUT2D eigenvalue weighted by Gasteiger charge is 2.31. The van der Waals surface area contributed by atoms with Gasteiger partial charge in [-0.2, -0.15) is 0 Å². The van der Waals surface area contributed by atoms with Gasteiger partial charge < -0.3 is 15.4 Å². The van der Waals surface area contributed by atoms with Crippen LogP contribution >= 0.6 is 0 Å². The number of nitrogens with zero attached hydrogens (tertiary/aromatic N) is 2. The molecule has 0 saturated carbocycles. The Morgan fingerprint density at radius 1 is 1.29 bits per heavy atom.